The maximum atomic E-state index is 12.2. The Kier molecular flexibility index (Phi) is 5.02. The van der Waals surface area contributed by atoms with E-state index in [2.05, 4.69) is 15.6 Å². The topological polar surface area (TPSA) is 80.3 Å². The number of hydrogen-bond acceptors (Lipinski definition) is 5. The maximum Gasteiger partial charge on any atom is 0.267 e. The molecule has 0 fully saturated rings. The molecule has 1 aromatic carbocycles. The first-order valence-corrected chi connectivity index (χ1v) is 7.04. The lowest BCUT2D eigenvalue weighted by Gasteiger charge is -2.02. The average Bonchev–Trinajstić information content (AvgIpc) is 2.81. The molecule has 21 heavy (non-hydrogen) atoms. The molecule has 7 heteroatoms. The lowest BCUT2D eigenvalue weighted by molar-refractivity contribution is -0.119. The van der Waals surface area contributed by atoms with E-state index in [9.17, 15) is 9.59 Å². The standard InChI is InChI=1S/C14H15N3O3S/c1-9-12(13(19)16-10-6-4-3-5-7-10)21-14(15-9)17-11(18)8-20-2/h3-7H,8H2,1-2H3,(H,16,19)(H,15,17,18). The van der Waals surface area contributed by atoms with Crippen LogP contribution in [0.25, 0.3) is 0 Å². The first kappa shape index (κ1) is 15.1. The number of methoxy groups -OCH3 is 1. The second-order valence-electron chi connectivity index (χ2n) is 4.23. The van der Waals surface area contributed by atoms with E-state index < -0.39 is 0 Å². The number of carbonyl (C=O) groups excluding carboxylic acids is 2. The fourth-order valence-corrected chi connectivity index (χ4v) is 2.53. The SMILES string of the molecule is COCC(=O)Nc1nc(C)c(C(=O)Nc2ccccc2)s1. The minimum Gasteiger partial charge on any atom is -0.375 e. The van der Waals surface area contributed by atoms with Gasteiger partial charge in [-0.25, -0.2) is 4.98 Å². The Morgan fingerprint density at radius 2 is 1.95 bits per heavy atom. The summed E-state index contributed by atoms with van der Waals surface area (Å²) in [4.78, 5) is 28.2. The van der Waals surface area contributed by atoms with Gasteiger partial charge < -0.3 is 10.1 Å². The Labute approximate surface area is 126 Å². The Bertz CT molecular complexity index is 640. The van der Waals surface area contributed by atoms with Crippen LogP contribution in [0.3, 0.4) is 0 Å². The van der Waals surface area contributed by atoms with Gasteiger partial charge in [0.15, 0.2) is 5.13 Å². The van der Waals surface area contributed by atoms with Gasteiger partial charge in [-0.05, 0) is 19.1 Å². The Morgan fingerprint density at radius 3 is 2.62 bits per heavy atom. The second kappa shape index (κ2) is 6.96. The zero-order valence-electron chi connectivity index (χ0n) is 11.7. The monoisotopic (exact) mass is 305 g/mol. The van der Waals surface area contributed by atoms with E-state index in [1.807, 2.05) is 18.2 Å². The highest BCUT2D eigenvalue weighted by atomic mass is 32.1. The van der Waals surface area contributed by atoms with Gasteiger partial charge in [-0.2, -0.15) is 0 Å². The molecule has 0 bridgehead atoms. The number of amides is 2. The van der Waals surface area contributed by atoms with Gasteiger partial charge in [0.1, 0.15) is 11.5 Å². The molecule has 110 valence electrons. The maximum absolute atomic E-state index is 12.2. The summed E-state index contributed by atoms with van der Waals surface area (Å²) in [6.45, 7) is 1.67. The Morgan fingerprint density at radius 1 is 1.24 bits per heavy atom. The first-order chi connectivity index (χ1) is 10.1. The Hall–Kier alpha value is -2.25. The van der Waals surface area contributed by atoms with E-state index in [-0.39, 0.29) is 18.4 Å². The van der Waals surface area contributed by atoms with Gasteiger partial charge >= 0.3 is 0 Å². The third kappa shape index (κ3) is 4.11. The summed E-state index contributed by atoms with van der Waals surface area (Å²) in [6, 6.07) is 9.15. The van der Waals surface area contributed by atoms with E-state index in [0.29, 0.717) is 21.4 Å². The molecule has 0 saturated carbocycles. The highest BCUT2D eigenvalue weighted by molar-refractivity contribution is 7.17. The van der Waals surface area contributed by atoms with Crippen molar-refractivity contribution in [1.82, 2.24) is 4.98 Å². The van der Waals surface area contributed by atoms with Gasteiger partial charge in [-0.1, -0.05) is 29.5 Å². The molecular formula is C14H15N3O3S. The van der Waals surface area contributed by atoms with Gasteiger partial charge in [-0.3, -0.25) is 14.9 Å². The molecule has 6 nitrogen and oxygen atoms in total. The number of benzene rings is 1. The molecule has 2 N–H and O–H groups in total. The molecule has 0 spiro atoms. The number of nitrogens with zero attached hydrogens (tertiary/aromatic N) is 1. The molecule has 2 amide bonds. The van der Waals surface area contributed by atoms with Crippen LogP contribution in [0.5, 0.6) is 0 Å². The highest BCUT2D eigenvalue weighted by Crippen LogP contribution is 2.23. The van der Waals surface area contributed by atoms with Crippen molar-refractivity contribution in [1.29, 1.82) is 0 Å². The molecule has 0 unspecified atom stereocenters. The number of ether oxygens (including phenoxy) is 1. The number of thiazole rings is 1. The molecule has 2 rings (SSSR count). The zero-order valence-corrected chi connectivity index (χ0v) is 12.5. The van der Waals surface area contributed by atoms with Crippen molar-refractivity contribution in [2.45, 2.75) is 6.92 Å². The molecule has 0 aliphatic rings. The normalized spacial score (nSPS) is 10.2. The number of hydrogen-bond donors (Lipinski definition) is 2. The molecule has 0 radical (unpaired) electrons. The van der Waals surface area contributed by atoms with E-state index in [1.54, 1.807) is 19.1 Å². The summed E-state index contributed by atoms with van der Waals surface area (Å²) in [5.41, 5.74) is 1.28. The molecule has 0 aliphatic carbocycles. The number of para-hydroxylation sites is 1. The van der Waals surface area contributed by atoms with E-state index in [0.717, 1.165) is 11.3 Å². The van der Waals surface area contributed by atoms with Crippen LogP contribution in [-0.4, -0.2) is 30.5 Å². The fourth-order valence-electron chi connectivity index (χ4n) is 1.66. The number of nitrogens with one attached hydrogen (secondary N) is 2. The highest BCUT2D eigenvalue weighted by Gasteiger charge is 2.16. The van der Waals surface area contributed by atoms with Gasteiger partial charge in [-0.15, -0.1) is 0 Å². The minimum absolute atomic E-state index is 0.0514. The van der Waals surface area contributed by atoms with Crippen molar-refractivity contribution >= 4 is 34.0 Å². The van der Waals surface area contributed by atoms with E-state index >= 15 is 0 Å². The molecule has 2 aromatic rings. The smallest absolute Gasteiger partial charge is 0.267 e. The number of carbonyl (C=O) groups is 2. The number of aromatic nitrogens is 1. The third-order valence-electron chi connectivity index (χ3n) is 2.56. The van der Waals surface area contributed by atoms with Crippen molar-refractivity contribution in [3.05, 3.63) is 40.9 Å². The summed E-state index contributed by atoms with van der Waals surface area (Å²) in [5.74, 6) is -0.551. The van der Waals surface area contributed by atoms with E-state index in [4.69, 9.17) is 4.74 Å². The predicted molar refractivity (Wildman–Crippen MR) is 81.8 cm³/mol. The molecular weight excluding hydrogens is 290 g/mol. The van der Waals surface area contributed by atoms with Gasteiger partial charge in [0.2, 0.25) is 0 Å². The van der Waals surface area contributed by atoms with Crippen LogP contribution in [0.1, 0.15) is 15.4 Å². The fraction of sp³-hybridized carbons (Fsp3) is 0.214. The molecule has 0 atom stereocenters. The first-order valence-electron chi connectivity index (χ1n) is 6.22. The largest absolute Gasteiger partial charge is 0.375 e. The van der Waals surface area contributed by atoms with Crippen LogP contribution < -0.4 is 10.6 Å². The third-order valence-corrected chi connectivity index (χ3v) is 3.63. The minimum atomic E-state index is -0.304. The lowest BCUT2D eigenvalue weighted by atomic mass is 10.3. The van der Waals surface area contributed by atoms with Gasteiger partial charge in [0.25, 0.3) is 11.8 Å². The zero-order chi connectivity index (χ0) is 15.2. The summed E-state index contributed by atoms with van der Waals surface area (Å²) < 4.78 is 4.72. The quantitative estimate of drug-likeness (QED) is 0.888. The molecule has 0 saturated heterocycles. The summed E-state index contributed by atoms with van der Waals surface area (Å²) in [7, 11) is 1.44. The van der Waals surface area contributed by atoms with Crippen LogP contribution in [-0.2, 0) is 9.53 Å². The summed E-state index contributed by atoms with van der Waals surface area (Å²) >= 11 is 1.13. The number of anilines is 2. The molecule has 1 aromatic heterocycles. The summed E-state index contributed by atoms with van der Waals surface area (Å²) in [6.07, 6.45) is 0. The van der Waals surface area contributed by atoms with Crippen LogP contribution in [0.2, 0.25) is 0 Å². The summed E-state index contributed by atoms with van der Waals surface area (Å²) in [5, 5.41) is 5.75. The van der Waals surface area contributed by atoms with Gasteiger partial charge in [0, 0.05) is 12.8 Å². The predicted octanol–water partition coefficient (Wildman–Crippen LogP) is 2.29. The number of rotatable bonds is 5. The van der Waals surface area contributed by atoms with E-state index in [1.165, 1.54) is 7.11 Å². The Balaban J connectivity index is 2.08. The second-order valence-corrected chi connectivity index (χ2v) is 5.23. The van der Waals surface area contributed by atoms with Crippen molar-refractivity contribution in [2.24, 2.45) is 0 Å². The number of aryl methyl sites for hydroxylation is 1. The van der Waals surface area contributed by atoms with Crippen molar-refractivity contribution < 1.29 is 14.3 Å². The lowest BCUT2D eigenvalue weighted by Crippen LogP contribution is -2.16. The van der Waals surface area contributed by atoms with Crippen LogP contribution in [0.4, 0.5) is 10.8 Å². The van der Waals surface area contributed by atoms with Gasteiger partial charge in [0.05, 0.1) is 5.69 Å². The van der Waals surface area contributed by atoms with Crippen LogP contribution >= 0.6 is 11.3 Å². The molecule has 1 heterocycles. The van der Waals surface area contributed by atoms with Crippen LogP contribution in [0, 0.1) is 6.92 Å². The van der Waals surface area contributed by atoms with Crippen molar-refractivity contribution in [2.75, 3.05) is 24.4 Å². The van der Waals surface area contributed by atoms with Crippen molar-refractivity contribution in [3.63, 3.8) is 0 Å². The van der Waals surface area contributed by atoms with Crippen molar-refractivity contribution in [3.8, 4) is 0 Å². The molecule has 0 aliphatic heterocycles. The average molecular weight is 305 g/mol. The van der Waals surface area contributed by atoms with Crippen LogP contribution in [0.15, 0.2) is 30.3 Å².